The summed E-state index contributed by atoms with van der Waals surface area (Å²) >= 11 is 0. The zero-order chi connectivity index (χ0) is 13.3. The first kappa shape index (κ1) is 13.3. The average Bonchev–Trinajstić information content (AvgIpc) is 2.32. The molecule has 0 bridgehead atoms. The second kappa shape index (κ2) is 5.26. The Morgan fingerprint density at radius 1 is 1.39 bits per heavy atom. The van der Waals surface area contributed by atoms with Crippen LogP contribution >= 0.6 is 0 Å². The van der Waals surface area contributed by atoms with E-state index in [9.17, 15) is 9.59 Å². The van der Waals surface area contributed by atoms with E-state index in [2.05, 4.69) is 24.2 Å². The highest BCUT2D eigenvalue weighted by molar-refractivity contribution is 5.95. The van der Waals surface area contributed by atoms with Crippen molar-refractivity contribution in [3.8, 4) is 0 Å². The van der Waals surface area contributed by atoms with Crippen molar-refractivity contribution in [2.24, 2.45) is 5.92 Å². The third-order valence-corrected chi connectivity index (χ3v) is 4.10. The van der Waals surface area contributed by atoms with Crippen LogP contribution in [0.25, 0.3) is 0 Å². The van der Waals surface area contributed by atoms with Gasteiger partial charge >= 0.3 is 0 Å². The van der Waals surface area contributed by atoms with E-state index in [0.717, 1.165) is 19.5 Å². The van der Waals surface area contributed by atoms with E-state index in [1.165, 1.54) is 0 Å². The Balaban J connectivity index is 2.11. The molecule has 3 unspecified atom stereocenters. The third-order valence-electron chi connectivity index (χ3n) is 4.10. The number of nitrogens with one attached hydrogen (secondary N) is 1. The van der Waals surface area contributed by atoms with Crippen LogP contribution in [-0.2, 0) is 9.59 Å². The molecule has 2 rings (SSSR count). The van der Waals surface area contributed by atoms with Crippen LogP contribution in [0.3, 0.4) is 0 Å². The van der Waals surface area contributed by atoms with Gasteiger partial charge in [-0.1, -0.05) is 13.8 Å². The van der Waals surface area contributed by atoms with Gasteiger partial charge in [-0.3, -0.25) is 9.59 Å². The summed E-state index contributed by atoms with van der Waals surface area (Å²) in [5.74, 6) is 0.502. The standard InChI is InChI=1S/C13H23N3O2/c1-4-10-13(18)16(8-12(17)14-10)11-5-6-15(3)7-9(11)2/h9-11H,4-8H2,1-3H3,(H,14,17). The SMILES string of the molecule is CCC1NC(=O)CN(C2CCN(C)CC2C)C1=O. The van der Waals surface area contributed by atoms with Crippen molar-refractivity contribution >= 4 is 11.8 Å². The fourth-order valence-corrected chi connectivity index (χ4v) is 3.10. The van der Waals surface area contributed by atoms with Crippen molar-refractivity contribution in [1.82, 2.24) is 15.1 Å². The fourth-order valence-electron chi connectivity index (χ4n) is 3.10. The zero-order valence-corrected chi connectivity index (χ0v) is 11.5. The van der Waals surface area contributed by atoms with Gasteiger partial charge in [0.1, 0.15) is 6.04 Å². The predicted molar refractivity (Wildman–Crippen MR) is 69.0 cm³/mol. The summed E-state index contributed by atoms with van der Waals surface area (Å²) in [5, 5.41) is 2.77. The molecule has 2 aliphatic rings. The summed E-state index contributed by atoms with van der Waals surface area (Å²) in [7, 11) is 2.10. The number of likely N-dealkylation sites (tertiary alicyclic amines) is 1. The van der Waals surface area contributed by atoms with Gasteiger partial charge in [0.25, 0.3) is 0 Å². The van der Waals surface area contributed by atoms with Crippen molar-refractivity contribution in [3.63, 3.8) is 0 Å². The fraction of sp³-hybridized carbons (Fsp3) is 0.846. The zero-order valence-electron chi connectivity index (χ0n) is 11.5. The van der Waals surface area contributed by atoms with Gasteiger partial charge in [0.15, 0.2) is 0 Å². The lowest BCUT2D eigenvalue weighted by Gasteiger charge is -2.44. The van der Waals surface area contributed by atoms with Crippen molar-refractivity contribution in [2.45, 2.75) is 38.8 Å². The molecule has 2 amide bonds. The number of piperidine rings is 1. The van der Waals surface area contributed by atoms with Crippen molar-refractivity contribution < 1.29 is 9.59 Å². The van der Waals surface area contributed by atoms with Gasteiger partial charge in [-0.05, 0) is 32.4 Å². The lowest BCUT2D eigenvalue weighted by Crippen LogP contribution is -2.63. The topological polar surface area (TPSA) is 52.7 Å². The number of piperazine rings is 1. The Kier molecular flexibility index (Phi) is 3.90. The van der Waals surface area contributed by atoms with Crippen LogP contribution in [0.1, 0.15) is 26.7 Å². The Hall–Kier alpha value is -1.10. The number of hydrogen-bond donors (Lipinski definition) is 1. The molecule has 0 saturated carbocycles. The van der Waals surface area contributed by atoms with E-state index in [-0.39, 0.29) is 30.4 Å². The molecule has 5 nitrogen and oxygen atoms in total. The van der Waals surface area contributed by atoms with Gasteiger partial charge in [-0.2, -0.15) is 0 Å². The highest BCUT2D eigenvalue weighted by Crippen LogP contribution is 2.23. The van der Waals surface area contributed by atoms with E-state index in [0.29, 0.717) is 12.3 Å². The van der Waals surface area contributed by atoms with E-state index in [4.69, 9.17) is 0 Å². The highest BCUT2D eigenvalue weighted by Gasteiger charge is 2.39. The Morgan fingerprint density at radius 3 is 2.72 bits per heavy atom. The second-order valence-corrected chi connectivity index (χ2v) is 5.59. The molecule has 2 fully saturated rings. The van der Waals surface area contributed by atoms with E-state index >= 15 is 0 Å². The quantitative estimate of drug-likeness (QED) is 0.757. The van der Waals surface area contributed by atoms with Gasteiger partial charge in [0.05, 0.1) is 6.54 Å². The van der Waals surface area contributed by atoms with Gasteiger partial charge < -0.3 is 15.1 Å². The molecule has 0 aromatic rings. The van der Waals surface area contributed by atoms with E-state index < -0.39 is 0 Å². The summed E-state index contributed by atoms with van der Waals surface area (Å²) in [5.41, 5.74) is 0. The third kappa shape index (κ3) is 2.51. The largest absolute Gasteiger partial charge is 0.343 e. The van der Waals surface area contributed by atoms with Crippen molar-refractivity contribution in [3.05, 3.63) is 0 Å². The lowest BCUT2D eigenvalue weighted by molar-refractivity contribution is -0.148. The summed E-state index contributed by atoms with van der Waals surface area (Å²) in [6.45, 7) is 6.32. The molecular formula is C13H23N3O2. The van der Waals surface area contributed by atoms with Crippen LogP contribution in [0.15, 0.2) is 0 Å². The second-order valence-electron chi connectivity index (χ2n) is 5.59. The van der Waals surface area contributed by atoms with Crippen LogP contribution in [0, 0.1) is 5.92 Å². The maximum atomic E-state index is 12.3. The average molecular weight is 253 g/mol. The molecule has 1 N–H and O–H groups in total. The van der Waals surface area contributed by atoms with Crippen LogP contribution in [0.5, 0.6) is 0 Å². The van der Waals surface area contributed by atoms with Crippen molar-refractivity contribution in [1.29, 1.82) is 0 Å². The summed E-state index contributed by atoms with van der Waals surface area (Å²) in [6, 6.07) is -0.105. The summed E-state index contributed by atoms with van der Waals surface area (Å²) in [4.78, 5) is 28.1. The molecule has 2 aliphatic heterocycles. The summed E-state index contributed by atoms with van der Waals surface area (Å²) in [6.07, 6.45) is 1.63. The molecule has 3 atom stereocenters. The number of hydrogen-bond acceptors (Lipinski definition) is 3. The monoisotopic (exact) mass is 253 g/mol. The number of amides is 2. The molecule has 0 spiro atoms. The Morgan fingerprint density at radius 2 is 2.11 bits per heavy atom. The minimum Gasteiger partial charge on any atom is -0.343 e. The van der Waals surface area contributed by atoms with Gasteiger partial charge in [0.2, 0.25) is 11.8 Å². The van der Waals surface area contributed by atoms with Crippen molar-refractivity contribution in [2.75, 3.05) is 26.7 Å². The lowest BCUT2D eigenvalue weighted by atomic mass is 9.91. The first-order chi connectivity index (χ1) is 8.52. The maximum absolute atomic E-state index is 12.3. The molecule has 0 aromatic carbocycles. The van der Waals surface area contributed by atoms with Crippen LogP contribution in [-0.4, -0.2) is 60.4 Å². The molecule has 0 radical (unpaired) electrons. The highest BCUT2D eigenvalue weighted by atomic mass is 16.2. The smallest absolute Gasteiger partial charge is 0.245 e. The number of carbonyl (C=O) groups is 2. The number of rotatable bonds is 2. The minimum atomic E-state index is -0.321. The first-order valence-corrected chi connectivity index (χ1v) is 6.81. The van der Waals surface area contributed by atoms with E-state index in [1.807, 2.05) is 11.8 Å². The van der Waals surface area contributed by atoms with E-state index in [1.54, 1.807) is 0 Å². The molecule has 5 heteroatoms. The van der Waals surface area contributed by atoms with Crippen LogP contribution in [0.2, 0.25) is 0 Å². The van der Waals surface area contributed by atoms with Gasteiger partial charge in [-0.15, -0.1) is 0 Å². The van der Waals surface area contributed by atoms with Gasteiger partial charge in [-0.25, -0.2) is 0 Å². The molecule has 2 heterocycles. The Bertz CT molecular complexity index is 345. The normalized spacial score (nSPS) is 34.6. The molecule has 18 heavy (non-hydrogen) atoms. The maximum Gasteiger partial charge on any atom is 0.245 e. The van der Waals surface area contributed by atoms with Gasteiger partial charge in [0, 0.05) is 12.6 Å². The first-order valence-electron chi connectivity index (χ1n) is 6.81. The molecular weight excluding hydrogens is 230 g/mol. The van der Waals surface area contributed by atoms with Crippen LogP contribution < -0.4 is 5.32 Å². The molecule has 0 aromatic heterocycles. The predicted octanol–water partition coefficient (Wildman–Crippen LogP) is 0.0636. The molecule has 2 saturated heterocycles. The summed E-state index contributed by atoms with van der Waals surface area (Å²) < 4.78 is 0. The number of carbonyl (C=O) groups excluding carboxylic acids is 2. The molecule has 102 valence electrons. The Labute approximate surface area is 108 Å². The minimum absolute atomic E-state index is 0.0208. The number of nitrogens with zero attached hydrogens (tertiary/aromatic N) is 2. The molecule has 0 aliphatic carbocycles. The van der Waals surface area contributed by atoms with Crippen LogP contribution in [0.4, 0.5) is 0 Å².